The van der Waals surface area contributed by atoms with Crippen molar-refractivity contribution in [3.05, 3.63) is 29.8 Å². The Balaban J connectivity index is 2.30. The van der Waals surface area contributed by atoms with Gasteiger partial charge in [-0.25, -0.2) is 4.79 Å². The fourth-order valence-electron chi connectivity index (χ4n) is 11.1. The Bertz CT molecular complexity index is 2490. The minimum absolute atomic E-state index is 0.0392. The summed E-state index contributed by atoms with van der Waals surface area (Å²) < 4.78 is 16.8. The maximum atomic E-state index is 15.2. The number of ether oxygens (including phenoxy) is 3. The van der Waals surface area contributed by atoms with Crippen molar-refractivity contribution < 1.29 is 67.0 Å². The molecule has 2 aliphatic heterocycles. The molecule has 23 nitrogen and oxygen atoms in total. The number of carbonyl (C=O) groups excluding carboxylic acids is 11. The third kappa shape index (κ3) is 19.1. The Morgan fingerprint density at radius 2 is 1.16 bits per heavy atom. The molecule has 0 unspecified atom stereocenters. The molecule has 2 fully saturated rings. The number of methoxy groups -OCH3 is 1. The van der Waals surface area contributed by atoms with E-state index < -0.39 is 162 Å². The summed E-state index contributed by atoms with van der Waals surface area (Å²) in [5, 5.41) is 8.31. The number of piperidine rings is 1. The van der Waals surface area contributed by atoms with Gasteiger partial charge in [0.1, 0.15) is 54.1 Å². The molecular weight excluding hydrogens is 1090 g/mol. The van der Waals surface area contributed by atoms with Gasteiger partial charge in [-0.2, -0.15) is 0 Å². The zero-order chi connectivity index (χ0) is 64.5. The van der Waals surface area contributed by atoms with E-state index >= 15 is 14.4 Å². The second-order valence-corrected chi connectivity index (χ2v) is 24.6. The Hall–Kier alpha value is -6.81. The van der Waals surface area contributed by atoms with Crippen molar-refractivity contribution in [2.24, 2.45) is 35.5 Å². The summed E-state index contributed by atoms with van der Waals surface area (Å²) in [4.78, 5) is 168. The van der Waals surface area contributed by atoms with Crippen LogP contribution in [0.15, 0.2) is 24.3 Å². The Kier molecular flexibility index (Phi) is 28.3. The van der Waals surface area contributed by atoms with Crippen molar-refractivity contribution in [2.75, 3.05) is 62.0 Å². The first-order valence-electron chi connectivity index (χ1n) is 30.3. The summed E-state index contributed by atoms with van der Waals surface area (Å²) >= 11 is 0. The highest BCUT2D eigenvalue weighted by Gasteiger charge is 2.46. The Labute approximate surface area is 504 Å². The van der Waals surface area contributed by atoms with Gasteiger partial charge in [0.25, 0.3) is 5.91 Å². The van der Waals surface area contributed by atoms with E-state index in [1.165, 1.54) is 68.9 Å². The molecule has 1 aromatic carbocycles. The second-order valence-electron chi connectivity index (χ2n) is 24.6. The van der Waals surface area contributed by atoms with Gasteiger partial charge in [-0.3, -0.25) is 47.9 Å². The fraction of sp³-hybridized carbons (Fsp3) is 0.726. The van der Waals surface area contributed by atoms with Crippen LogP contribution in [-0.4, -0.2) is 211 Å². The standard InChI is InChI=1S/C62H101N9O14/c1-20-39(11)52-54(74)63-34-47(72)67(15)50(37(7)8)55(75)64-44(32-42-25-27-43(83-19)28-26-42)62(82)85-41(13)57(77)71-30-23-22-24-45(71)58(78)68(16)51(38(9)10)56(76)65-49(36(5)6)60(80)66(14)46(33-48(73)84-31-29-35(3)4)59(79)70(18)53(40(12)21-2)61(81)69(52)17/h25-28,35-41,44-46,49-53H,20-24,29-34H2,1-19H3,(H,63,74)(H,64,75)(H,65,76)/t39-,40+,41-,44+,45+,46-,49+,50+,51+,52+,53+/m1/s1. The van der Waals surface area contributed by atoms with Crippen LogP contribution in [0.5, 0.6) is 5.75 Å². The SMILES string of the molecule is CC[C@@H](C)[C@H]1C(=O)NCC(=O)N(C)[C@@H](C(C)C)C(=O)N[C@@H](Cc2ccc(OC)cc2)C(=O)O[C@H](C)C(=O)N2CCCC[C@H]2C(=O)N(C)[C@@H](C(C)C)C(=O)N[C@@H](C(C)C)C(=O)N(C)[C@H](CC(=O)OCCC(C)C)C(=O)N(C)[C@@H]([C@@H](C)CC)C(=O)N1C. The number of benzene rings is 1. The topological polar surface area (TPSA) is 271 Å². The molecule has 0 radical (unpaired) electrons. The van der Waals surface area contributed by atoms with E-state index in [2.05, 4.69) is 16.0 Å². The molecule has 0 saturated carbocycles. The van der Waals surface area contributed by atoms with E-state index in [1.807, 2.05) is 27.7 Å². The molecule has 2 saturated heterocycles. The summed E-state index contributed by atoms with van der Waals surface area (Å²) in [6.45, 7) is 22.2. The molecule has 0 aromatic heterocycles. The maximum absolute atomic E-state index is 15.2. The molecule has 3 N–H and O–H groups in total. The lowest BCUT2D eigenvalue weighted by Gasteiger charge is -2.41. The lowest BCUT2D eigenvalue weighted by atomic mass is 9.92. The molecule has 0 aliphatic carbocycles. The largest absolute Gasteiger partial charge is 0.497 e. The Morgan fingerprint density at radius 3 is 1.71 bits per heavy atom. The summed E-state index contributed by atoms with van der Waals surface area (Å²) in [6, 6.07) is -3.50. The number of fused-ring (bicyclic) bond motifs is 1. The summed E-state index contributed by atoms with van der Waals surface area (Å²) in [5.74, 6) is -10.1. The van der Waals surface area contributed by atoms with Crippen molar-refractivity contribution in [1.82, 2.24) is 45.3 Å². The third-order valence-corrected chi connectivity index (χ3v) is 16.8. The van der Waals surface area contributed by atoms with Gasteiger partial charge in [-0.15, -0.1) is 0 Å². The number of nitrogens with one attached hydrogen (secondary N) is 3. The van der Waals surface area contributed by atoms with Gasteiger partial charge in [0.05, 0.1) is 26.7 Å². The number of cyclic esters (lactones) is 1. The van der Waals surface area contributed by atoms with Crippen LogP contribution in [0.1, 0.15) is 141 Å². The number of hydrogen-bond acceptors (Lipinski definition) is 14. The number of carbonyl (C=O) groups is 11. The monoisotopic (exact) mass is 1200 g/mol. The predicted octanol–water partition coefficient (Wildman–Crippen LogP) is 3.82. The highest BCUT2D eigenvalue weighted by molar-refractivity contribution is 5.99. The van der Waals surface area contributed by atoms with E-state index in [0.29, 0.717) is 43.4 Å². The molecule has 23 heteroatoms. The van der Waals surface area contributed by atoms with Crippen molar-refractivity contribution in [2.45, 2.75) is 196 Å². The van der Waals surface area contributed by atoms with E-state index in [9.17, 15) is 38.4 Å². The molecule has 11 atom stereocenters. The highest BCUT2D eigenvalue weighted by Crippen LogP contribution is 2.27. The molecule has 2 heterocycles. The first-order chi connectivity index (χ1) is 39.8. The number of nitrogens with zero attached hydrogens (tertiary/aromatic N) is 6. The van der Waals surface area contributed by atoms with Gasteiger partial charge in [-0.05, 0) is 85.8 Å². The van der Waals surface area contributed by atoms with Gasteiger partial charge in [0.2, 0.25) is 47.3 Å². The summed E-state index contributed by atoms with van der Waals surface area (Å²) in [6.07, 6.45) is 0.372. The average molecular weight is 1200 g/mol. The molecule has 0 bridgehead atoms. The van der Waals surface area contributed by atoms with Crippen LogP contribution in [0.3, 0.4) is 0 Å². The van der Waals surface area contributed by atoms with Gasteiger partial charge >= 0.3 is 11.9 Å². The lowest BCUT2D eigenvalue weighted by Crippen LogP contribution is -2.63. The molecular formula is C62H101N9O14. The molecule has 1 aromatic rings. The summed E-state index contributed by atoms with van der Waals surface area (Å²) in [7, 11) is 8.49. The molecule has 478 valence electrons. The second kappa shape index (κ2) is 33.2. The predicted molar refractivity (Wildman–Crippen MR) is 320 cm³/mol. The number of likely N-dealkylation sites (N-methyl/N-ethyl adjacent to an activating group) is 5. The number of esters is 2. The van der Waals surface area contributed by atoms with E-state index in [4.69, 9.17) is 14.2 Å². The van der Waals surface area contributed by atoms with Crippen LogP contribution in [0.2, 0.25) is 0 Å². The van der Waals surface area contributed by atoms with Crippen LogP contribution >= 0.6 is 0 Å². The quantitative estimate of drug-likeness (QED) is 0.211. The Morgan fingerprint density at radius 1 is 0.624 bits per heavy atom. The number of amides is 9. The number of hydrogen-bond donors (Lipinski definition) is 3. The van der Waals surface area contributed by atoms with Crippen molar-refractivity contribution >= 4 is 65.1 Å². The maximum Gasteiger partial charge on any atom is 0.329 e. The van der Waals surface area contributed by atoms with Crippen LogP contribution < -0.4 is 20.7 Å². The molecule has 85 heavy (non-hydrogen) atoms. The third-order valence-electron chi connectivity index (χ3n) is 16.8. The van der Waals surface area contributed by atoms with E-state index in [1.54, 1.807) is 79.7 Å². The zero-order valence-corrected chi connectivity index (χ0v) is 54.1. The minimum Gasteiger partial charge on any atom is -0.497 e. The van der Waals surface area contributed by atoms with Crippen LogP contribution in [-0.2, 0) is 68.6 Å². The van der Waals surface area contributed by atoms with Gasteiger partial charge in [0, 0.05) is 48.2 Å². The first kappa shape index (κ1) is 72.4. The lowest BCUT2D eigenvalue weighted by molar-refractivity contribution is -0.165. The van der Waals surface area contributed by atoms with Gasteiger partial charge < -0.3 is 59.6 Å². The zero-order valence-electron chi connectivity index (χ0n) is 54.1. The van der Waals surface area contributed by atoms with Crippen LogP contribution in [0.4, 0.5) is 0 Å². The van der Waals surface area contributed by atoms with Crippen LogP contribution in [0.25, 0.3) is 0 Å². The van der Waals surface area contributed by atoms with Crippen LogP contribution in [0, 0.1) is 35.5 Å². The normalized spacial score (nSPS) is 25.9. The molecule has 3 rings (SSSR count). The summed E-state index contributed by atoms with van der Waals surface area (Å²) in [5.41, 5.74) is 0.587. The smallest absolute Gasteiger partial charge is 0.329 e. The van der Waals surface area contributed by atoms with E-state index in [0.717, 1.165) is 9.80 Å². The molecule has 2 aliphatic rings. The van der Waals surface area contributed by atoms with Crippen molar-refractivity contribution in [3.8, 4) is 5.75 Å². The molecule has 0 spiro atoms. The number of rotatable bonds is 15. The minimum atomic E-state index is -1.57. The van der Waals surface area contributed by atoms with Crippen molar-refractivity contribution in [3.63, 3.8) is 0 Å². The van der Waals surface area contributed by atoms with E-state index in [-0.39, 0.29) is 31.9 Å². The van der Waals surface area contributed by atoms with Gasteiger partial charge in [-0.1, -0.05) is 108 Å². The van der Waals surface area contributed by atoms with Gasteiger partial charge in [0.15, 0.2) is 6.10 Å². The van der Waals surface area contributed by atoms with Crippen molar-refractivity contribution in [1.29, 1.82) is 0 Å². The first-order valence-corrected chi connectivity index (χ1v) is 30.3. The average Bonchev–Trinajstić information content (AvgIpc) is 2.56. The highest BCUT2D eigenvalue weighted by atomic mass is 16.6. The fourth-order valence-corrected chi connectivity index (χ4v) is 11.1. The molecule has 9 amide bonds.